The fraction of sp³-hybridized carbons (Fsp3) is 0.278. The molecule has 1 aromatic carbocycles. The Labute approximate surface area is 129 Å². The topological polar surface area (TPSA) is 61.5 Å². The Balaban J connectivity index is 2.03. The molecule has 2 aliphatic rings. The fourth-order valence-electron chi connectivity index (χ4n) is 2.77. The number of benzene rings is 1. The highest BCUT2D eigenvalue weighted by Crippen LogP contribution is 2.23. The molecule has 1 unspecified atom stereocenters. The number of allylic oxidation sites excluding steroid dienone is 2. The summed E-state index contributed by atoms with van der Waals surface area (Å²) >= 11 is 0. The molecule has 0 fully saturated rings. The van der Waals surface area contributed by atoms with Gasteiger partial charge in [-0.2, -0.15) is 0 Å². The van der Waals surface area contributed by atoms with Crippen LogP contribution in [-0.4, -0.2) is 18.7 Å². The number of ether oxygens (including phenoxy) is 2. The minimum atomic E-state index is -0.210. The van der Waals surface area contributed by atoms with Gasteiger partial charge in [0, 0.05) is 22.9 Å². The quantitative estimate of drug-likeness (QED) is 0.674. The number of anilines is 1. The zero-order chi connectivity index (χ0) is 15.5. The third-order valence-electron chi connectivity index (χ3n) is 3.77. The molecule has 22 heavy (non-hydrogen) atoms. The van der Waals surface area contributed by atoms with Crippen molar-refractivity contribution in [3.8, 4) is 0 Å². The average molecular weight is 297 g/mol. The number of hydrogen-bond acceptors (Lipinski definition) is 4. The van der Waals surface area contributed by atoms with Crippen LogP contribution in [0, 0.1) is 0 Å². The lowest BCUT2D eigenvalue weighted by molar-refractivity contribution is -0.143. The molecule has 0 amide bonds. The molecule has 0 aromatic heterocycles. The molecule has 0 saturated carbocycles. The second kappa shape index (κ2) is 6.10. The molecule has 0 spiro atoms. The molecule has 4 heteroatoms. The van der Waals surface area contributed by atoms with Crippen molar-refractivity contribution in [2.45, 2.75) is 25.9 Å². The first-order chi connectivity index (χ1) is 10.7. The van der Waals surface area contributed by atoms with Crippen molar-refractivity contribution in [2.75, 3.05) is 12.3 Å². The fourth-order valence-corrected chi connectivity index (χ4v) is 2.77. The van der Waals surface area contributed by atoms with Gasteiger partial charge >= 0.3 is 5.97 Å². The Morgan fingerprint density at radius 3 is 3.00 bits per heavy atom. The van der Waals surface area contributed by atoms with E-state index in [2.05, 4.69) is 6.08 Å². The second-order valence-electron chi connectivity index (χ2n) is 5.27. The van der Waals surface area contributed by atoms with Crippen LogP contribution in [0.3, 0.4) is 0 Å². The van der Waals surface area contributed by atoms with E-state index in [0.29, 0.717) is 25.1 Å². The first kappa shape index (κ1) is 14.4. The standard InChI is InChI=1S/C18H19NO3/c1-2-21-18(20)10-9-17-15-11-12(19)7-8-13(15)14-5-3-4-6-16(14)22-17/h3-8,11,16H,2,9-10,19H2,1H3. The van der Waals surface area contributed by atoms with E-state index in [1.165, 1.54) is 0 Å². The Hall–Kier alpha value is -2.49. The first-order valence-corrected chi connectivity index (χ1v) is 7.49. The summed E-state index contributed by atoms with van der Waals surface area (Å²) in [5.74, 6) is 0.585. The molecule has 2 N–H and O–H groups in total. The van der Waals surface area contributed by atoms with Crippen molar-refractivity contribution in [3.63, 3.8) is 0 Å². The summed E-state index contributed by atoms with van der Waals surface area (Å²) in [6, 6.07) is 5.82. The Kier molecular flexibility index (Phi) is 4.00. The van der Waals surface area contributed by atoms with Gasteiger partial charge in [-0.15, -0.1) is 0 Å². The number of carbonyl (C=O) groups excluding carboxylic acids is 1. The van der Waals surface area contributed by atoms with Crippen LogP contribution in [0.15, 0.2) is 42.5 Å². The van der Waals surface area contributed by atoms with Crippen LogP contribution in [-0.2, 0) is 14.3 Å². The summed E-state index contributed by atoms with van der Waals surface area (Å²) in [5, 5.41) is 2.08. The van der Waals surface area contributed by atoms with Gasteiger partial charge in [-0.25, -0.2) is 0 Å². The summed E-state index contributed by atoms with van der Waals surface area (Å²) < 4.78 is 11.1. The Morgan fingerprint density at radius 2 is 2.18 bits per heavy atom. The maximum absolute atomic E-state index is 11.6. The van der Waals surface area contributed by atoms with Gasteiger partial charge in [0.25, 0.3) is 0 Å². The van der Waals surface area contributed by atoms with Gasteiger partial charge in [0.1, 0.15) is 11.9 Å². The van der Waals surface area contributed by atoms with Crippen LogP contribution in [0.2, 0.25) is 0 Å². The molecule has 3 rings (SSSR count). The van der Waals surface area contributed by atoms with Gasteiger partial charge in [-0.3, -0.25) is 4.79 Å². The second-order valence-corrected chi connectivity index (χ2v) is 5.27. The SMILES string of the molecule is CCOC(=O)CCC1=c2cc(N)ccc2=C2C=CC=CC2O1. The van der Waals surface area contributed by atoms with E-state index in [1.807, 2.05) is 36.4 Å². The smallest absolute Gasteiger partial charge is 0.306 e. The Morgan fingerprint density at radius 1 is 1.32 bits per heavy atom. The van der Waals surface area contributed by atoms with E-state index < -0.39 is 0 Å². The van der Waals surface area contributed by atoms with E-state index in [4.69, 9.17) is 15.2 Å². The predicted octanol–water partition coefficient (Wildman–Crippen LogP) is 1.40. The minimum Gasteiger partial charge on any atom is -0.485 e. The van der Waals surface area contributed by atoms with Crippen LogP contribution in [0.5, 0.6) is 0 Å². The van der Waals surface area contributed by atoms with Crippen molar-refractivity contribution in [1.82, 2.24) is 0 Å². The maximum atomic E-state index is 11.6. The van der Waals surface area contributed by atoms with Crippen molar-refractivity contribution < 1.29 is 14.3 Å². The van der Waals surface area contributed by atoms with Gasteiger partial charge in [-0.05, 0) is 30.4 Å². The Bertz CT molecular complexity index is 774. The highest BCUT2D eigenvalue weighted by Gasteiger charge is 2.21. The largest absolute Gasteiger partial charge is 0.485 e. The van der Waals surface area contributed by atoms with Gasteiger partial charge in [0.05, 0.1) is 13.0 Å². The van der Waals surface area contributed by atoms with E-state index in [9.17, 15) is 4.79 Å². The average Bonchev–Trinajstić information content (AvgIpc) is 2.52. The van der Waals surface area contributed by atoms with Crippen LogP contribution < -0.4 is 16.2 Å². The summed E-state index contributed by atoms with van der Waals surface area (Å²) in [6.45, 7) is 2.20. The van der Waals surface area contributed by atoms with Gasteiger partial charge < -0.3 is 15.2 Å². The number of nitrogen functional groups attached to an aromatic ring is 1. The predicted molar refractivity (Wildman–Crippen MR) is 85.9 cm³/mol. The summed E-state index contributed by atoms with van der Waals surface area (Å²) in [5.41, 5.74) is 7.72. The first-order valence-electron chi connectivity index (χ1n) is 7.49. The number of hydrogen-bond donors (Lipinski definition) is 1. The highest BCUT2D eigenvalue weighted by molar-refractivity contribution is 5.73. The number of fused-ring (bicyclic) bond motifs is 2. The third-order valence-corrected chi connectivity index (χ3v) is 3.77. The molecule has 0 radical (unpaired) electrons. The molecular weight excluding hydrogens is 278 g/mol. The van der Waals surface area contributed by atoms with E-state index >= 15 is 0 Å². The molecule has 1 atom stereocenters. The zero-order valence-electron chi connectivity index (χ0n) is 12.5. The molecule has 1 aliphatic heterocycles. The number of carbonyl (C=O) groups is 1. The summed E-state index contributed by atoms with van der Waals surface area (Å²) in [7, 11) is 0. The van der Waals surface area contributed by atoms with Crippen molar-refractivity contribution in [1.29, 1.82) is 0 Å². The molecule has 1 heterocycles. The molecule has 1 aromatic rings. The van der Waals surface area contributed by atoms with Crippen LogP contribution in [0.1, 0.15) is 19.8 Å². The highest BCUT2D eigenvalue weighted by atomic mass is 16.5. The molecule has 0 saturated heterocycles. The van der Waals surface area contributed by atoms with Crippen molar-refractivity contribution in [2.24, 2.45) is 0 Å². The van der Waals surface area contributed by atoms with Crippen molar-refractivity contribution >= 4 is 23.0 Å². The minimum absolute atomic E-state index is 0.0988. The molecule has 4 nitrogen and oxygen atoms in total. The lowest BCUT2D eigenvalue weighted by Gasteiger charge is -2.25. The van der Waals surface area contributed by atoms with E-state index in [1.54, 1.807) is 6.92 Å². The third kappa shape index (κ3) is 2.77. The number of rotatable bonds is 4. The molecule has 1 aliphatic carbocycles. The van der Waals surface area contributed by atoms with Gasteiger partial charge in [0.2, 0.25) is 0 Å². The van der Waals surface area contributed by atoms with E-state index in [-0.39, 0.29) is 12.1 Å². The zero-order valence-corrected chi connectivity index (χ0v) is 12.5. The maximum Gasteiger partial charge on any atom is 0.306 e. The van der Waals surface area contributed by atoms with Gasteiger partial charge in [-0.1, -0.05) is 24.3 Å². The molecule has 0 bridgehead atoms. The van der Waals surface area contributed by atoms with Crippen LogP contribution >= 0.6 is 0 Å². The number of esters is 1. The summed E-state index contributed by atoms with van der Waals surface area (Å²) in [6.07, 6.45) is 8.76. The van der Waals surface area contributed by atoms with E-state index in [0.717, 1.165) is 21.8 Å². The normalized spacial score (nSPS) is 18.5. The molecular formula is C18H19NO3. The van der Waals surface area contributed by atoms with Crippen LogP contribution in [0.4, 0.5) is 5.69 Å². The lowest BCUT2D eigenvalue weighted by atomic mass is 9.97. The van der Waals surface area contributed by atoms with Gasteiger partial charge in [0.15, 0.2) is 0 Å². The lowest BCUT2D eigenvalue weighted by Crippen LogP contribution is -2.38. The monoisotopic (exact) mass is 297 g/mol. The number of nitrogens with two attached hydrogens (primary N) is 1. The summed E-state index contributed by atoms with van der Waals surface area (Å²) in [4.78, 5) is 11.6. The van der Waals surface area contributed by atoms with Crippen LogP contribution in [0.25, 0.3) is 11.3 Å². The molecule has 114 valence electrons. The van der Waals surface area contributed by atoms with Crippen molar-refractivity contribution in [3.05, 3.63) is 52.9 Å².